The molecule has 4 aromatic carbocycles. The number of rotatable bonds is 9. The van der Waals surface area contributed by atoms with Gasteiger partial charge in [0, 0.05) is 35.9 Å². The first kappa shape index (κ1) is 27.1. The minimum Gasteiger partial charge on any atom is -0.456 e. The minimum atomic E-state index is -0.445. The molecule has 4 aliphatic rings. The summed E-state index contributed by atoms with van der Waals surface area (Å²) in [5.74, 6) is -1.92. The number of fused-ring (bicyclic) bond motifs is 1. The van der Waals surface area contributed by atoms with E-state index in [0.29, 0.717) is 31.5 Å². The maximum Gasteiger partial charge on any atom is 0.306 e. The number of unbranched alkanes of at least 4 members (excludes halogenated alkanes) is 2. The van der Waals surface area contributed by atoms with Gasteiger partial charge in [0.25, 0.3) is 5.91 Å². The van der Waals surface area contributed by atoms with Gasteiger partial charge < -0.3 is 10.1 Å². The van der Waals surface area contributed by atoms with Gasteiger partial charge in [0.1, 0.15) is 0 Å². The summed E-state index contributed by atoms with van der Waals surface area (Å²) >= 11 is 0. The number of carbonyl (C=O) groups is 4. The molecule has 1 saturated heterocycles. The van der Waals surface area contributed by atoms with Crippen molar-refractivity contribution in [2.45, 2.75) is 37.5 Å². The second kappa shape index (κ2) is 11.1. The van der Waals surface area contributed by atoms with E-state index in [1.54, 1.807) is 0 Å². The summed E-state index contributed by atoms with van der Waals surface area (Å²) in [5, 5.41) is 4.74. The van der Waals surface area contributed by atoms with Crippen LogP contribution in [0.2, 0.25) is 0 Å². The van der Waals surface area contributed by atoms with Crippen molar-refractivity contribution in [2.24, 2.45) is 11.8 Å². The lowest BCUT2D eigenvalue weighted by Gasteiger charge is -2.45. The molecule has 0 unspecified atom stereocenters. The van der Waals surface area contributed by atoms with Crippen LogP contribution >= 0.6 is 0 Å². The number of amides is 3. The van der Waals surface area contributed by atoms with Crippen molar-refractivity contribution in [3.8, 4) is 0 Å². The largest absolute Gasteiger partial charge is 0.456 e. The van der Waals surface area contributed by atoms with Crippen molar-refractivity contribution in [3.63, 3.8) is 0 Å². The molecule has 7 heteroatoms. The van der Waals surface area contributed by atoms with Gasteiger partial charge in [-0.15, -0.1) is 0 Å². The fraction of sp³-hybridized carbons (Fsp3) is 0.278. The lowest BCUT2D eigenvalue weighted by Crippen LogP contribution is -2.41. The molecule has 43 heavy (non-hydrogen) atoms. The first-order chi connectivity index (χ1) is 21.0. The summed E-state index contributed by atoms with van der Waals surface area (Å²) in [6, 6.07) is 29.8. The third-order valence-electron chi connectivity index (χ3n) is 9.23. The zero-order valence-electron chi connectivity index (χ0n) is 23.7. The minimum absolute atomic E-state index is 0.0781. The van der Waals surface area contributed by atoms with Gasteiger partial charge in [0.2, 0.25) is 11.8 Å². The maximum atomic E-state index is 13.7. The Bertz CT molecular complexity index is 1640. The number of nitrogens with zero attached hydrogens (tertiary/aromatic N) is 1. The number of hydrogen-bond donors (Lipinski definition) is 1. The molecule has 2 atom stereocenters. The van der Waals surface area contributed by atoms with Gasteiger partial charge in [-0.3, -0.25) is 24.1 Å². The maximum absolute atomic E-state index is 13.7. The highest BCUT2D eigenvalue weighted by atomic mass is 16.5. The van der Waals surface area contributed by atoms with Crippen molar-refractivity contribution in [2.75, 3.05) is 18.5 Å². The number of carbonyl (C=O) groups excluding carboxylic acids is 4. The standard InChI is InChI=1S/C36H32N2O5/c39-29(37-28-18-10-12-22-11-3-4-13-23(22)28)21-43-30(40)19-2-1-9-20-38-35(41)33-31-24-14-5-6-15-25(24)32(34(33)36(38)42)27-17-8-7-16-26(27)31/h3-8,10-18,31-34H,1-2,9,19-21H2,(H,37,39)/t31?,32?,33-,34-/m0/s1. The summed E-state index contributed by atoms with van der Waals surface area (Å²) in [4.78, 5) is 53.5. The van der Waals surface area contributed by atoms with Gasteiger partial charge in [-0.25, -0.2) is 0 Å². The molecule has 1 fully saturated rings. The fourth-order valence-corrected chi connectivity index (χ4v) is 7.41. The zero-order chi connectivity index (χ0) is 29.5. The lowest BCUT2D eigenvalue weighted by molar-refractivity contribution is -0.147. The van der Waals surface area contributed by atoms with Gasteiger partial charge in [-0.1, -0.05) is 91.3 Å². The van der Waals surface area contributed by atoms with E-state index >= 15 is 0 Å². The predicted molar refractivity (Wildman–Crippen MR) is 162 cm³/mol. The molecule has 8 rings (SSSR count). The number of anilines is 1. The summed E-state index contributed by atoms with van der Waals surface area (Å²) in [7, 11) is 0. The molecular weight excluding hydrogens is 540 g/mol. The van der Waals surface area contributed by atoms with Crippen molar-refractivity contribution in [1.82, 2.24) is 4.90 Å². The Kier molecular flexibility index (Phi) is 7.01. The molecule has 1 N–H and O–H groups in total. The van der Waals surface area contributed by atoms with E-state index in [9.17, 15) is 19.2 Å². The van der Waals surface area contributed by atoms with E-state index in [2.05, 4.69) is 29.6 Å². The van der Waals surface area contributed by atoms with Crippen LogP contribution in [0.5, 0.6) is 0 Å². The van der Waals surface area contributed by atoms with Crippen molar-refractivity contribution < 1.29 is 23.9 Å². The number of imide groups is 1. The fourth-order valence-electron chi connectivity index (χ4n) is 7.41. The average molecular weight is 573 g/mol. The molecule has 0 aromatic heterocycles. The van der Waals surface area contributed by atoms with Crippen molar-refractivity contribution in [1.29, 1.82) is 0 Å². The average Bonchev–Trinajstić information content (AvgIpc) is 3.29. The van der Waals surface area contributed by atoms with Crippen molar-refractivity contribution in [3.05, 3.63) is 113 Å². The summed E-state index contributed by atoms with van der Waals surface area (Å²) in [6.07, 6.45) is 2.00. The van der Waals surface area contributed by atoms with Gasteiger partial charge in [0.05, 0.1) is 11.8 Å². The highest BCUT2D eigenvalue weighted by Gasteiger charge is 2.61. The Morgan fingerprint density at radius 3 is 1.86 bits per heavy atom. The number of esters is 1. The normalized spacial score (nSPS) is 21.3. The first-order valence-corrected chi connectivity index (χ1v) is 15.0. The summed E-state index contributed by atoms with van der Waals surface area (Å²) in [6.45, 7) is -0.00595. The van der Waals surface area contributed by atoms with Crippen LogP contribution in [0.25, 0.3) is 10.8 Å². The van der Waals surface area contributed by atoms with Crippen LogP contribution in [-0.2, 0) is 23.9 Å². The van der Waals surface area contributed by atoms with E-state index in [0.717, 1.165) is 10.8 Å². The highest BCUT2D eigenvalue weighted by Crippen LogP contribution is 2.60. The molecule has 0 spiro atoms. The van der Waals surface area contributed by atoms with E-state index in [1.165, 1.54) is 27.2 Å². The lowest BCUT2D eigenvalue weighted by atomic mass is 9.55. The summed E-state index contributed by atoms with van der Waals surface area (Å²) in [5.41, 5.74) is 5.34. The highest BCUT2D eigenvalue weighted by molar-refractivity contribution is 6.07. The van der Waals surface area contributed by atoms with Gasteiger partial charge >= 0.3 is 5.97 Å². The number of nitrogens with one attached hydrogen (secondary N) is 1. The first-order valence-electron chi connectivity index (χ1n) is 15.0. The van der Waals surface area contributed by atoms with E-state index < -0.39 is 11.9 Å². The molecule has 3 amide bonds. The van der Waals surface area contributed by atoms with Gasteiger partial charge in [-0.2, -0.15) is 0 Å². The third kappa shape index (κ3) is 4.69. The SMILES string of the molecule is O=C(COC(=O)CCCCCN1C(=O)[C@H]2C3c4ccccc4C(c4ccccc43)[C@@H]2C1=O)Nc1cccc2ccccc12. The Balaban J connectivity index is 0.903. The molecule has 3 aliphatic carbocycles. The number of ether oxygens (including phenoxy) is 1. The number of benzene rings is 4. The molecule has 2 bridgehead atoms. The molecule has 1 aliphatic heterocycles. The van der Waals surface area contributed by atoms with Crippen LogP contribution in [-0.4, -0.2) is 41.7 Å². The van der Waals surface area contributed by atoms with Crippen LogP contribution in [0.15, 0.2) is 91.0 Å². The second-order valence-electron chi connectivity index (χ2n) is 11.6. The quantitative estimate of drug-likeness (QED) is 0.156. The molecule has 4 aromatic rings. The van der Waals surface area contributed by atoms with Gasteiger partial charge in [-0.05, 0) is 46.5 Å². The molecule has 216 valence electrons. The molecule has 7 nitrogen and oxygen atoms in total. The Morgan fingerprint density at radius 1 is 0.674 bits per heavy atom. The van der Waals surface area contributed by atoms with Crippen LogP contribution in [0.1, 0.15) is 59.8 Å². The van der Waals surface area contributed by atoms with Crippen LogP contribution < -0.4 is 5.32 Å². The monoisotopic (exact) mass is 572 g/mol. The molecular formula is C36H32N2O5. The second-order valence-corrected chi connectivity index (χ2v) is 11.6. The zero-order valence-corrected chi connectivity index (χ0v) is 23.7. The van der Waals surface area contributed by atoms with Crippen LogP contribution in [0, 0.1) is 11.8 Å². The van der Waals surface area contributed by atoms with Gasteiger partial charge in [0.15, 0.2) is 6.61 Å². The molecule has 0 radical (unpaired) electrons. The Morgan fingerprint density at radius 2 is 1.23 bits per heavy atom. The Hall–Kier alpha value is -4.78. The third-order valence-corrected chi connectivity index (χ3v) is 9.23. The Labute approximate surface area is 249 Å². The molecule has 0 saturated carbocycles. The van der Waals surface area contributed by atoms with Crippen LogP contribution in [0.3, 0.4) is 0 Å². The topological polar surface area (TPSA) is 92.8 Å². The van der Waals surface area contributed by atoms with Crippen molar-refractivity contribution >= 4 is 40.2 Å². The summed E-state index contributed by atoms with van der Waals surface area (Å²) < 4.78 is 5.19. The predicted octanol–water partition coefficient (Wildman–Crippen LogP) is 5.77. The van der Waals surface area contributed by atoms with E-state index in [1.807, 2.05) is 66.7 Å². The number of likely N-dealkylation sites (tertiary alicyclic amines) is 1. The molecule has 1 heterocycles. The van der Waals surface area contributed by atoms with Crippen LogP contribution in [0.4, 0.5) is 5.69 Å². The van der Waals surface area contributed by atoms with E-state index in [-0.39, 0.29) is 48.5 Å². The van der Waals surface area contributed by atoms with E-state index in [4.69, 9.17) is 4.74 Å². The number of hydrogen-bond acceptors (Lipinski definition) is 5. The smallest absolute Gasteiger partial charge is 0.306 e.